The zero-order valence-corrected chi connectivity index (χ0v) is 12.5. The van der Waals surface area contributed by atoms with Crippen molar-refractivity contribution >= 4 is 39.4 Å². The van der Waals surface area contributed by atoms with Gasteiger partial charge in [-0.05, 0) is 25.1 Å². The SMILES string of the molecule is C=CC(=O)n1c(C)c(N)c2c3oc(C(=O)O)c(O)c(=O)c3ccc21. The number of rotatable bonds is 2. The van der Waals surface area contributed by atoms with E-state index >= 15 is 0 Å². The highest BCUT2D eigenvalue weighted by molar-refractivity contribution is 6.14. The molecule has 0 saturated carbocycles. The number of aromatic carboxylic acids is 1. The Morgan fingerprint density at radius 2 is 2.04 bits per heavy atom. The summed E-state index contributed by atoms with van der Waals surface area (Å²) in [4.78, 5) is 35.4. The van der Waals surface area contributed by atoms with E-state index in [0.29, 0.717) is 11.2 Å². The third-order valence-corrected chi connectivity index (χ3v) is 3.84. The van der Waals surface area contributed by atoms with Gasteiger partial charge in [-0.1, -0.05) is 6.58 Å². The monoisotopic (exact) mass is 328 g/mol. The first kappa shape index (κ1) is 15.3. The summed E-state index contributed by atoms with van der Waals surface area (Å²) < 4.78 is 6.51. The molecular weight excluding hydrogens is 316 g/mol. The molecule has 0 bridgehead atoms. The molecule has 0 atom stereocenters. The standard InChI is InChI=1S/C16H12N2O6/c1-3-9(19)18-6(2)11(17)10-8(18)5-4-7-12(20)13(21)15(16(22)23)24-14(7)10/h3-5,21H,1,17H2,2H3,(H,22,23). The number of benzene rings is 1. The predicted molar refractivity (Wildman–Crippen MR) is 86.6 cm³/mol. The Labute approximate surface area is 134 Å². The molecule has 122 valence electrons. The number of allylic oxidation sites excluding steroid dienone is 1. The van der Waals surface area contributed by atoms with Crippen LogP contribution in [0.5, 0.6) is 5.75 Å². The van der Waals surface area contributed by atoms with Crippen LogP contribution < -0.4 is 11.2 Å². The number of carbonyl (C=O) groups excluding carboxylic acids is 1. The number of fused-ring (bicyclic) bond motifs is 3. The van der Waals surface area contributed by atoms with Crippen LogP contribution in [0.1, 0.15) is 21.0 Å². The van der Waals surface area contributed by atoms with Gasteiger partial charge in [0, 0.05) is 5.69 Å². The van der Waals surface area contributed by atoms with Crippen molar-refractivity contribution in [2.24, 2.45) is 0 Å². The van der Waals surface area contributed by atoms with Gasteiger partial charge in [0.1, 0.15) is 0 Å². The first-order valence-corrected chi connectivity index (χ1v) is 6.78. The molecule has 0 amide bonds. The highest BCUT2D eigenvalue weighted by Gasteiger charge is 2.24. The molecular formula is C16H12N2O6. The summed E-state index contributed by atoms with van der Waals surface area (Å²) in [6.45, 7) is 5.02. The largest absolute Gasteiger partial charge is 0.501 e. The van der Waals surface area contributed by atoms with Gasteiger partial charge in [0.15, 0.2) is 5.58 Å². The lowest BCUT2D eigenvalue weighted by atomic mass is 10.1. The molecule has 2 aromatic heterocycles. The lowest BCUT2D eigenvalue weighted by Gasteiger charge is -2.05. The van der Waals surface area contributed by atoms with Gasteiger partial charge in [-0.15, -0.1) is 0 Å². The molecule has 4 N–H and O–H groups in total. The van der Waals surface area contributed by atoms with Crippen molar-refractivity contribution in [3.05, 3.63) is 46.5 Å². The molecule has 3 rings (SSSR count). The Bertz CT molecular complexity index is 1120. The van der Waals surface area contributed by atoms with Crippen molar-refractivity contribution in [1.82, 2.24) is 4.57 Å². The normalized spacial score (nSPS) is 11.0. The van der Waals surface area contributed by atoms with Gasteiger partial charge in [0.2, 0.25) is 11.2 Å². The summed E-state index contributed by atoms with van der Waals surface area (Å²) >= 11 is 0. The van der Waals surface area contributed by atoms with E-state index in [4.69, 9.17) is 15.3 Å². The first-order valence-electron chi connectivity index (χ1n) is 6.78. The predicted octanol–water partition coefficient (Wildman–Crippen LogP) is 1.87. The Balaban J connectivity index is 2.61. The van der Waals surface area contributed by atoms with Gasteiger partial charge in [-0.3, -0.25) is 14.2 Å². The number of carboxylic acids is 1. The Morgan fingerprint density at radius 1 is 1.38 bits per heavy atom. The number of nitrogens with two attached hydrogens (primary N) is 1. The fourth-order valence-electron chi connectivity index (χ4n) is 2.69. The van der Waals surface area contributed by atoms with E-state index in [2.05, 4.69) is 6.58 Å². The fraction of sp³-hybridized carbons (Fsp3) is 0.0625. The molecule has 8 nitrogen and oxygen atoms in total. The van der Waals surface area contributed by atoms with Crippen LogP contribution in [0.25, 0.3) is 21.9 Å². The molecule has 0 radical (unpaired) electrons. The molecule has 0 aliphatic carbocycles. The van der Waals surface area contributed by atoms with E-state index in [-0.39, 0.29) is 22.0 Å². The lowest BCUT2D eigenvalue weighted by molar-refractivity contribution is 0.0657. The number of hydrogen-bond donors (Lipinski definition) is 3. The van der Waals surface area contributed by atoms with E-state index in [0.717, 1.165) is 6.08 Å². The number of nitrogen functional groups attached to an aromatic ring is 1. The van der Waals surface area contributed by atoms with Crippen LogP contribution in [0, 0.1) is 6.92 Å². The molecule has 24 heavy (non-hydrogen) atoms. The minimum atomic E-state index is -1.60. The van der Waals surface area contributed by atoms with Gasteiger partial charge in [-0.25, -0.2) is 4.79 Å². The molecule has 0 unspecified atom stereocenters. The van der Waals surface area contributed by atoms with Gasteiger partial charge in [0.25, 0.3) is 11.7 Å². The molecule has 0 fully saturated rings. The number of carboxylic acid groups (broad SMARTS) is 1. The second-order valence-electron chi connectivity index (χ2n) is 5.13. The van der Waals surface area contributed by atoms with Crippen LogP contribution in [0.3, 0.4) is 0 Å². The van der Waals surface area contributed by atoms with Crippen LogP contribution in [-0.2, 0) is 0 Å². The second-order valence-corrected chi connectivity index (χ2v) is 5.13. The molecule has 2 heterocycles. The summed E-state index contributed by atoms with van der Waals surface area (Å²) in [5.74, 6) is -3.92. The van der Waals surface area contributed by atoms with E-state index in [1.807, 2.05) is 0 Å². The highest BCUT2D eigenvalue weighted by Crippen LogP contribution is 2.35. The number of hydrogen-bond acceptors (Lipinski definition) is 6. The minimum absolute atomic E-state index is 0.0418. The van der Waals surface area contributed by atoms with E-state index < -0.39 is 28.8 Å². The molecule has 8 heteroatoms. The topological polar surface area (TPSA) is 136 Å². The van der Waals surface area contributed by atoms with Gasteiger partial charge in [0.05, 0.1) is 22.0 Å². The molecule has 0 aliphatic rings. The minimum Gasteiger partial charge on any atom is -0.501 e. The van der Waals surface area contributed by atoms with Crippen molar-refractivity contribution in [2.75, 3.05) is 5.73 Å². The zero-order valence-electron chi connectivity index (χ0n) is 12.5. The zero-order chi connectivity index (χ0) is 17.8. The van der Waals surface area contributed by atoms with E-state index in [9.17, 15) is 19.5 Å². The number of anilines is 1. The number of aromatic hydroxyl groups is 1. The molecule has 0 saturated heterocycles. The maximum Gasteiger partial charge on any atom is 0.375 e. The van der Waals surface area contributed by atoms with Crippen molar-refractivity contribution in [2.45, 2.75) is 6.92 Å². The van der Waals surface area contributed by atoms with Gasteiger partial charge in [-0.2, -0.15) is 0 Å². The van der Waals surface area contributed by atoms with Crippen LogP contribution in [0.4, 0.5) is 5.69 Å². The molecule has 0 spiro atoms. The fourth-order valence-corrected chi connectivity index (χ4v) is 2.69. The smallest absolute Gasteiger partial charge is 0.375 e. The highest BCUT2D eigenvalue weighted by atomic mass is 16.4. The van der Waals surface area contributed by atoms with Crippen LogP contribution in [-0.4, -0.2) is 26.7 Å². The lowest BCUT2D eigenvalue weighted by Crippen LogP contribution is -2.09. The van der Waals surface area contributed by atoms with E-state index in [1.165, 1.54) is 16.7 Å². The first-order chi connectivity index (χ1) is 11.3. The quantitative estimate of drug-likeness (QED) is 0.611. The maximum atomic E-state index is 12.2. The maximum absolute atomic E-state index is 12.2. The third-order valence-electron chi connectivity index (χ3n) is 3.84. The van der Waals surface area contributed by atoms with Crippen molar-refractivity contribution < 1.29 is 24.2 Å². The van der Waals surface area contributed by atoms with Crippen molar-refractivity contribution in [3.63, 3.8) is 0 Å². The van der Waals surface area contributed by atoms with E-state index in [1.54, 1.807) is 6.92 Å². The Morgan fingerprint density at radius 3 is 2.62 bits per heavy atom. The summed E-state index contributed by atoms with van der Waals surface area (Å²) in [5, 5.41) is 19.0. The van der Waals surface area contributed by atoms with Crippen LogP contribution in [0.15, 0.2) is 34.0 Å². The molecule has 0 aliphatic heterocycles. The number of aromatic nitrogens is 1. The average molecular weight is 328 g/mol. The van der Waals surface area contributed by atoms with Gasteiger partial charge >= 0.3 is 5.97 Å². The average Bonchev–Trinajstić information content (AvgIpc) is 2.81. The Kier molecular flexibility index (Phi) is 3.19. The number of nitrogens with zero attached hydrogens (tertiary/aromatic N) is 1. The summed E-state index contributed by atoms with van der Waals surface area (Å²) in [7, 11) is 0. The Hall–Kier alpha value is -3.55. The summed E-state index contributed by atoms with van der Waals surface area (Å²) in [6.07, 6.45) is 1.10. The number of carbonyl (C=O) groups is 2. The van der Waals surface area contributed by atoms with Crippen LogP contribution in [0.2, 0.25) is 0 Å². The van der Waals surface area contributed by atoms with Crippen molar-refractivity contribution in [1.29, 1.82) is 0 Å². The summed E-state index contributed by atoms with van der Waals surface area (Å²) in [5.41, 5.74) is 5.93. The van der Waals surface area contributed by atoms with Gasteiger partial charge < -0.3 is 20.4 Å². The second kappa shape index (κ2) is 4.98. The molecule has 1 aromatic carbocycles. The van der Waals surface area contributed by atoms with Crippen molar-refractivity contribution in [3.8, 4) is 5.75 Å². The third kappa shape index (κ3) is 1.83. The summed E-state index contributed by atoms with van der Waals surface area (Å²) in [6, 6.07) is 2.81. The van der Waals surface area contributed by atoms with Crippen LogP contribution >= 0.6 is 0 Å². The molecule has 3 aromatic rings.